The molecule has 2 aromatic rings. The Kier molecular flexibility index (Phi) is 4.70. The van der Waals surface area contributed by atoms with Gasteiger partial charge in [0.05, 0.1) is 4.92 Å². The zero-order valence-corrected chi connectivity index (χ0v) is 12.9. The molecule has 0 fully saturated rings. The summed E-state index contributed by atoms with van der Waals surface area (Å²) in [6.07, 6.45) is 0. The van der Waals surface area contributed by atoms with E-state index in [9.17, 15) is 14.9 Å². The molecule has 0 atom stereocenters. The first-order valence-electron chi connectivity index (χ1n) is 6.25. The van der Waals surface area contributed by atoms with Gasteiger partial charge in [-0.2, -0.15) is 0 Å². The molecule has 0 radical (unpaired) electrons. The van der Waals surface area contributed by atoms with Crippen molar-refractivity contribution in [1.29, 1.82) is 0 Å². The van der Waals surface area contributed by atoms with Gasteiger partial charge in [-0.25, -0.2) is 0 Å². The summed E-state index contributed by atoms with van der Waals surface area (Å²) in [6.45, 7) is 2.19. The first-order valence-corrected chi connectivity index (χ1v) is 7.04. The molecule has 1 N–H and O–H groups in total. The number of nitrogens with one attached hydrogen (secondary N) is 1. The summed E-state index contributed by atoms with van der Waals surface area (Å²) in [4.78, 5) is 22.2. The number of nitro benzene ring substituents is 1. The smallest absolute Gasteiger partial charge is 0.269 e. The Balaban J connectivity index is 2.04. The monoisotopic (exact) mass is 348 g/mol. The highest BCUT2D eigenvalue weighted by Crippen LogP contribution is 2.16. The maximum atomic E-state index is 12.1. The highest BCUT2D eigenvalue weighted by Gasteiger charge is 2.10. The maximum absolute atomic E-state index is 12.1. The zero-order valence-electron chi connectivity index (χ0n) is 11.3. The number of halogens is 1. The van der Waals surface area contributed by atoms with E-state index in [-0.39, 0.29) is 11.6 Å². The number of carbonyl (C=O) groups excluding carboxylic acids is 1. The third-order valence-electron chi connectivity index (χ3n) is 3.04. The number of nitrogens with zero attached hydrogens (tertiary/aromatic N) is 1. The number of benzene rings is 2. The minimum absolute atomic E-state index is 0.0351. The fourth-order valence-electron chi connectivity index (χ4n) is 1.85. The van der Waals surface area contributed by atoms with E-state index < -0.39 is 4.92 Å². The van der Waals surface area contributed by atoms with Crippen LogP contribution in [0.15, 0.2) is 46.9 Å². The second-order valence-electron chi connectivity index (χ2n) is 4.57. The van der Waals surface area contributed by atoms with E-state index in [1.807, 2.05) is 19.1 Å². The summed E-state index contributed by atoms with van der Waals surface area (Å²) in [7, 11) is 0. The fourth-order valence-corrected chi connectivity index (χ4v) is 2.21. The van der Waals surface area contributed by atoms with E-state index in [2.05, 4.69) is 21.2 Å². The van der Waals surface area contributed by atoms with Crippen LogP contribution in [-0.2, 0) is 6.54 Å². The Labute approximate surface area is 130 Å². The third kappa shape index (κ3) is 3.88. The lowest BCUT2D eigenvalue weighted by Crippen LogP contribution is -2.23. The van der Waals surface area contributed by atoms with Crippen molar-refractivity contribution in [2.45, 2.75) is 13.5 Å². The van der Waals surface area contributed by atoms with Gasteiger partial charge in [-0.05, 0) is 30.2 Å². The largest absolute Gasteiger partial charge is 0.348 e. The van der Waals surface area contributed by atoms with Gasteiger partial charge in [0.25, 0.3) is 11.6 Å². The first-order chi connectivity index (χ1) is 9.97. The Morgan fingerprint density at radius 1 is 1.24 bits per heavy atom. The molecule has 0 unspecified atom stereocenters. The number of non-ortho nitro benzene ring substituents is 1. The molecule has 0 spiro atoms. The van der Waals surface area contributed by atoms with Gasteiger partial charge in [-0.1, -0.05) is 34.1 Å². The molecule has 6 heteroatoms. The van der Waals surface area contributed by atoms with Gasteiger partial charge in [0.15, 0.2) is 0 Å². The molecule has 0 aliphatic heterocycles. The van der Waals surface area contributed by atoms with Crippen molar-refractivity contribution in [3.8, 4) is 0 Å². The standard InChI is InChI=1S/C15H13BrN2O3/c1-10-2-5-12(16)8-14(10)15(19)17-9-11-3-6-13(7-4-11)18(20)21/h2-8H,9H2,1H3,(H,17,19). The summed E-state index contributed by atoms with van der Waals surface area (Å²) in [5.41, 5.74) is 2.33. The Morgan fingerprint density at radius 3 is 2.52 bits per heavy atom. The lowest BCUT2D eigenvalue weighted by atomic mass is 10.1. The molecule has 0 aromatic heterocycles. The van der Waals surface area contributed by atoms with Crippen molar-refractivity contribution >= 4 is 27.5 Å². The summed E-state index contributed by atoms with van der Waals surface area (Å²) < 4.78 is 0.841. The van der Waals surface area contributed by atoms with E-state index in [1.165, 1.54) is 12.1 Å². The van der Waals surface area contributed by atoms with Gasteiger partial charge in [-0.3, -0.25) is 14.9 Å². The topological polar surface area (TPSA) is 72.2 Å². The van der Waals surface area contributed by atoms with E-state index >= 15 is 0 Å². The van der Waals surface area contributed by atoms with Gasteiger partial charge in [0.2, 0.25) is 0 Å². The molecule has 0 saturated heterocycles. The molecule has 2 aromatic carbocycles. The van der Waals surface area contributed by atoms with Crippen LogP contribution in [0.25, 0.3) is 0 Å². The SMILES string of the molecule is Cc1ccc(Br)cc1C(=O)NCc1ccc([N+](=O)[O-])cc1. The average Bonchev–Trinajstić information content (AvgIpc) is 2.47. The van der Waals surface area contributed by atoms with E-state index in [0.717, 1.165) is 15.6 Å². The molecule has 21 heavy (non-hydrogen) atoms. The second kappa shape index (κ2) is 6.49. The maximum Gasteiger partial charge on any atom is 0.269 e. The number of amides is 1. The normalized spacial score (nSPS) is 10.2. The van der Waals surface area contributed by atoms with E-state index in [1.54, 1.807) is 18.2 Å². The summed E-state index contributed by atoms with van der Waals surface area (Å²) in [5, 5.41) is 13.4. The number of rotatable bonds is 4. The van der Waals surface area contributed by atoms with Crippen LogP contribution in [0.2, 0.25) is 0 Å². The van der Waals surface area contributed by atoms with Crippen LogP contribution in [-0.4, -0.2) is 10.8 Å². The van der Waals surface area contributed by atoms with Crippen LogP contribution in [0, 0.1) is 17.0 Å². The third-order valence-corrected chi connectivity index (χ3v) is 3.54. The zero-order chi connectivity index (χ0) is 15.4. The quantitative estimate of drug-likeness (QED) is 0.677. The molecular formula is C15H13BrN2O3. The predicted octanol–water partition coefficient (Wildman–Crippen LogP) is 3.60. The molecule has 108 valence electrons. The second-order valence-corrected chi connectivity index (χ2v) is 5.48. The van der Waals surface area contributed by atoms with Gasteiger partial charge in [-0.15, -0.1) is 0 Å². The fraction of sp³-hybridized carbons (Fsp3) is 0.133. The van der Waals surface area contributed by atoms with Crippen LogP contribution in [0.5, 0.6) is 0 Å². The van der Waals surface area contributed by atoms with Crippen molar-refractivity contribution in [2.24, 2.45) is 0 Å². The van der Waals surface area contributed by atoms with Gasteiger partial charge < -0.3 is 5.32 Å². The minimum Gasteiger partial charge on any atom is -0.348 e. The van der Waals surface area contributed by atoms with Crippen LogP contribution in [0.3, 0.4) is 0 Å². The summed E-state index contributed by atoms with van der Waals surface area (Å²) >= 11 is 3.34. The first kappa shape index (κ1) is 15.2. The average molecular weight is 349 g/mol. The number of carbonyl (C=O) groups is 1. The van der Waals surface area contributed by atoms with Crippen LogP contribution in [0.4, 0.5) is 5.69 Å². The van der Waals surface area contributed by atoms with Crippen molar-refractivity contribution in [1.82, 2.24) is 5.32 Å². The van der Waals surface area contributed by atoms with Crippen molar-refractivity contribution in [3.63, 3.8) is 0 Å². The molecule has 5 nitrogen and oxygen atoms in total. The van der Waals surface area contributed by atoms with E-state index in [0.29, 0.717) is 12.1 Å². The number of nitro groups is 1. The van der Waals surface area contributed by atoms with E-state index in [4.69, 9.17) is 0 Å². The van der Waals surface area contributed by atoms with Crippen molar-refractivity contribution in [2.75, 3.05) is 0 Å². The van der Waals surface area contributed by atoms with Crippen LogP contribution < -0.4 is 5.32 Å². The Bertz CT molecular complexity index is 684. The molecule has 0 bridgehead atoms. The lowest BCUT2D eigenvalue weighted by Gasteiger charge is -2.08. The highest BCUT2D eigenvalue weighted by atomic mass is 79.9. The molecular weight excluding hydrogens is 336 g/mol. The number of hydrogen-bond acceptors (Lipinski definition) is 3. The van der Waals surface area contributed by atoms with Gasteiger partial charge >= 0.3 is 0 Å². The summed E-state index contributed by atoms with van der Waals surface area (Å²) in [6, 6.07) is 11.6. The molecule has 0 heterocycles. The molecule has 1 amide bonds. The lowest BCUT2D eigenvalue weighted by molar-refractivity contribution is -0.384. The van der Waals surface area contributed by atoms with Crippen LogP contribution in [0.1, 0.15) is 21.5 Å². The molecule has 0 saturated carbocycles. The highest BCUT2D eigenvalue weighted by molar-refractivity contribution is 9.10. The molecule has 0 aliphatic carbocycles. The molecule has 0 aliphatic rings. The predicted molar refractivity (Wildman–Crippen MR) is 83.1 cm³/mol. The van der Waals surface area contributed by atoms with Crippen molar-refractivity contribution in [3.05, 3.63) is 73.7 Å². The minimum atomic E-state index is -0.451. The summed E-state index contributed by atoms with van der Waals surface area (Å²) in [5.74, 6) is -0.174. The van der Waals surface area contributed by atoms with Crippen molar-refractivity contribution < 1.29 is 9.72 Å². The number of hydrogen-bond donors (Lipinski definition) is 1. The van der Waals surface area contributed by atoms with Gasteiger partial charge in [0.1, 0.15) is 0 Å². The Morgan fingerprint density at radius 2 is 1.90 bits per heavy atom. The van der Waals surface area contributed by atoms with Crippen LogP contribution >= 0.6 is 15.9 Å². The Hall–Kier alpha value is -2.21. The number of aryl methyl sites for hydroxylation is 1. The van der Waals surface area contributed by atoms with Gasteiger partial charge in [0, 0.05) is 28.7 Å². The molecule has 2 rings (SSSR count).